The highest BCUT2D eigenvalue weighted by Crippen LogP contribution is 2.30. The molecule has 6 nitrogen and oxygen atoms in total. The van der Waals surface area contributed by atoms with Crippen molar-refractivity contribution in [3.63, 3.8) is 0 Å². The summed E-state index contributed by atoms with van der Waals surface area (Å²) in [6.45, 7) is 1.26. The van der Waals surface area contributed by atoms with Gasteiger partial charge in [-0.3, -0.25) is 4.79 Å². The first-order chi connectivity index (χ1) is 7.84. The minimum absolute atomic E-state index is 0.123. The van der Waals surface area contributed by atoms with Crippen molar-refractivity contribution < 1.29 is 23.1 Å². The lowest BCUT2D eigenvalue weighted by molar-refractivity contribution is -0.115. The van der Waals surface area contributed by atoms with E-state index in [1.807, 2.05) is 0 Å². The molecule has 7 heteroatoms. The number of nitrogens with one attached hydrogen (secondary N) is 1. The Morgan fingerprint density at radius 2 is 2.06 bits per heavy atom. The van der Waals surface area contributed by atoms with E-state index in [-0.39, 0.29) is 16.1 Å². The summed E-state index contributed by atoms with van der Waals surface area (Å²) in [5.41, 5.74) is -0.00576. The highest BCUT2D eigenvalue weighted by atomic mass is 32.2. The molecule has 1 atom stereocenters. The van der Waals surface area contributed by atoms with Gasteiger partial charge in [-0.05, 0) is 25.1 Å². The number of carboxylic acid groups (broad SMARTS) is 1. The van der Waals surface area contributed by atoms with E-state index in [0.29, 0.717) is 0 Å². The molecule has 1 aromatic rings. The standard InChI is InChI=1S/C10H9NO5S/c1-5-9(12)11-7-3-2-6(10(13)14)4-8(7)17(5,15)16/h2-5H,1H3,(H,11,12)(H,13,14). The molecule has 0 fully saturated rings. The molecule has 1 aliphatic heterocycles. The van der Waals surface area contributed by atoms with Gasteiger partial charge in [-0.1, -0.05) is 0 Å². The van der Waals surface area contributed by atoms with Crippen LogP contribution < -0.4 is 5.32 Å². The van der Waals surface area contributed by atoms with E-state index >= 15 is 0 Å². The van der Waals surface area contributed by atoms with Crippen LogP contribution in [-0.2, 0) is 14.6 Å². The van der Waals surface area contributed by atoms with Gasteiger partial charge in [-0.25, -0.2) is 13.2 Å². The third kappa shape index (κ3) is 1.68. The summed E-state index contributed by atoms with van der Waals surface area (Å²) in [5, 5.41) is 10.0. The molecular formula is C10H9NO5S. The number of carbonyl (C=O) groups excluding carboxylic acids is 1. The Kier molecular flexibility index (Phi) is 2.43. The second kappa shape index (κ2) is 3.56. The van der Waals surface area contributed by atoms with Gasteiger partial charge in [0.05, 0.1) is 16.1 Å². The van der Waals surface area contributed by atoms with Crippen LogP contribution in [0.4, 0.5) is 5.69 Å². The molecule has 1 unspecified atom stereocenters. The maximum Gasteiger partial charge on any atom is 0.335 e. The van der Waals surface area contributed by atoms with Gasteiger partial charge in [0.25, 0.3) is 0 Å². The van der Waals surface area contributed by atoms with Crippen molar-refractivity contribution in [3.8, 4) is 0 Å². The molecule has 0 bridgehead atoms. The molecule has 1 aromatic carbocycles. The summed E-state index contributed by atoms with van der Waals surface area (Å²) in [6.07, 6.45) is 0. The minimum atomic E-state index is -3.80. The highest BCUT2D eigenvalue weighted by molar-refractivity contribution is 7.93. The zero-order valence-corrected chi connectivity index (χ0v) is 9.61. The zero-order chi connectivity index (χ0) is 12.8. The van der Waals surface area contributed by atoms with Gasteiger partial charge in [0.2, 0.25) is 5.91 Å². The Balaban J connectivity index is 2.70. The molecule has 0 aliphatic carbocycles. The van der Waals surface area contributed by atoms with Crippen molar-refractivity contribution in [1.82, 2.24) is 0 Å². The average molecular weight is 255 g/mol. The van der Waals surface area contributed by atoms with E-state index in [4.69, 9.17) is 5.11 Å². The molecule has 1 amide bonds. The number of sulfone groups is 1. The monoisotopic (exact) mass is 255 g/mol. The number of rotatable bonds is 1. The third-order valence-electron chi connectivity index (χ3n) is 2.63. The number of hydrogen-bond donors (Lipinski definition) is 2. The van der Waals surface area contributed by atoms with Crippen LogP contribution in [0.1, 0.15) is 17.3 Å². The second-order valence-corrected chi connectivity index (χ2v) is 5.93. The van der Waals surface area contributed by atoms with Gasteiger partial charge in [-0.15, -0.1) is 0 Å². The largest absolute Gasteiger partial charge is 0.478 e. The lowest BCUT2D eigenvalue weighted by atomic mass is 10.2. The van der Waals surface area contributed by atoms with Gasteiger partial charge in [-0.2, -0.15) is 0 Å². The Morgan fingerprint density at radius 3 is 2.65 bits per heavy atom. The summed E-state index contributed by atoms with van der Waals surface area (Å²) >= 11 is 0. The van der Waals surface area contributed by atoms with Crippen molar-refractivity contribution in [2.45, 2.75) is 17.1 Å². The fourth-order valence-electron chi connectivity index (χ4n) is 1.56. The number of anilines is 1. The van der Waals surface area contributed by atoms with Crippen LogP contribution in [0.2, 0.25) is 0 Å². The lowest BCUT2D eigenvalue weighted by Crippen LogP contribution is -2.37. The van der Waals surface area contributed by atoms with E-state index < -0.39 is 27.0 Å². The molecule has 2 N–H and O–H groups in total. The highest BCUT2D eigenvalue weighted by Gasteiger charge is 2.37. The first-order valence-corrected chi connectivity index (χ1v) is 6.31. The molecule has 0 saturated carbocycles. The number of carbonyl (C=O) groups is 2. The Hall–Kier alpha value is -1.89. The Labute approximate surface area is 97.2 Å². The van der Waals surface area contributed by atoms with E-state index in [9.17, 15) is 18.0 Å². The summed E-state index contributed by atoms with van der Waals surface area (Å²) in [4.78, 5) is 22.0. The fraction of sp³-hybridized carbons (Fsp3) is 0.200. The van der Waals surface area contributed by atoms with Crippen molar-refractivity contribution in [2.24, 2.45) is 0 Å². The minimum Gasteiger partial charge on any atom is -0.478 e. The number of aromatic carboxylic acids is 1. The van der Waals surface area contributed by atoms with Crippen LogP contribution in [0.5, 0.6) is 0 Å². The van der Waals surface area contributed by atoms with Crippen molar-refractivity contribution in [3.05, 3.63) is 23.8 Å². The van der Waals surface area contributed by atoms with Crippen LogP contribution in [0.15, 0.2) is 23.1 Å². The molecule has 0 spiro atoms. The number of benzene rings is 1. The van der Waals surface area contributed by atoms with Crippen LogP contribution >= 0.6 is 0 Å². The molecule has 1 heterocycles. The van der Waals surface area contributed by atoms with E-state index in [1.54, 1.807) is 0 Å². The second-order valence-electron chi connectivity index (χ2n) is 3.69. The zero-order valence-electron chi connectivity index (χ0n) is 8.80. The third-order valence-corrected chi connectivity index (χ3v) is 4.72. The van der Waals surface area contributed by atoms with Crippen LogP contribution in [0.3, 0.4) is 0 Å². The molecule has 2 rings (SSSR count). The van der Waals surface area contributed by atoms with Gasteiger partial charge < -0.3 is 10.4 Å². The van der Waals surface area contributed by atoms with Crippen molar-refractivity contribution >= 4 is 27.4 Å². The van der Waals surface area contributed by atoms with Gasteiger partial charge >= 0.3 is 5.97 Å². The molecule has 0 radical (unpaired) electrons. The quantitative estimate of drug-likeness (QED) is 0.761. The summed E-state index contributed by atoms with van der Waals surface area (Å²) in [5.74, 6) is -1.83. The predicted octanol–water partition coefficient (Wildman–Crippen LogP) is 0.499. The molecule has 17 heavy (non-hydrogen) atoms. The van der Waals surface area contributed by atoms with E-state index in [0.717, 1.165) is 6.07 Å². The smallest absolute Gasteiger partial charge is 0.335 e. The topological polar surface area (TPSA) is 101 Å². The Bertz CT molecular complexity index is 620. The number of carboxylic acids is 1. The maximum atomic E-state index is 11.9. The number of fused-ring (bicyclic) bond motifs is 1. The van der Waals surface area contributed by atoms with Gasteiger partial charge in [0, 0.05) is 0 Å². The fourth-order valence-corrected chi connectivity index (χ4v) is 3.00. The maximum absolute atomic E-state index is 11.9. The Morgan fingerprint density at radius 1 is 1.41 bits per heavy atom. The average Bonchev–Trinajstić information content (AvgIpc) is 2.26. The van der Waals surface area contributed by atoms with E-state index in [1.165, 1.54) is 19.1 Å². The van der Waals surface area contributed by atoms with Crippen molar-refractivity contribution in [1.29, 1.82) is 0 Å². The van der Waals surface area contributed by atoms with E-state index in [2.05, 4.69) is 5.32 Å². The van der Waals surface area contributed by atoms with Crippen LogP contribution in [-0.4, -0.2) is 30.7 Å². The van der Waals surface area contributed by atoms with Gasteiger partial charge in [0.1, 0.15) is 5.25 Å². The predicted molar refractivity (Wildman–Crippen MR) is 58.7 cm³/mol. The molecule has 0 saturated heterocycles. The first-order valence-electron chi connectivity index (χ1n) is 4.76. The summed E-state index contributed by atoms with van der Waals surface area (Å²) in [6, 6.07) is 3.58. The van der Waals surface area contributed by atoms with Crippen LogP contribution in [0, 0.1) is 0 Å². The number of hydrogen-bond acceptors (Lipinski definition) is 4. The van der Waals surface area contributed by atoms with Crippen LogP contribution in [0.25, 0.3) is 0 Å². The summed E-state index contributed by atoms with van der Waals surface area (Å²) < 4.78 is 23.9. The molecule has 0 aromatic heterocycles. The van der Waals surface area contributed by atoms with Crippen molar-refractivity contribution in [2.75, 3.05) is 5.32 Å². The normalized spacial score (nSPS) is 21.5. The molecule has 90 valence electrons. The molecular weight excluding hydrogens is 246 g/mol. The molecule has 1 aliphatic rings. The lowest BCUT2D eigenvalue weighted by Gasteiger charge is -2.22. The SMILES string of the molecule is CC1C(=O)Nc2ccc(C(=O)O)cc2S1(=O)=O. The first kappa shape index (κ1) is 11.6. The van der Waals surface area contributed by atoms with Gasteiger partial charge in [0.15, 0.2) is 9.84 Å². The number of amides is 1. The summed E-state index contributed by atoms with van der Waals surface area (Å²) in [7, 11) is -3.80.